The lowest BCUT2D eigenvalue weighted by Crippen LogP contribution is -2.33. The van der Waals surface area contributed by atoms with Crippen LogP contribution in [0.25, 0.3) is 0 Å². The molecule has 114 valence electrons. The van der Waals surface area contributed by atoms with Crippen molar-refractivity contribution < 1.29 is 13.9 Å². The number of anilines is 1. The van der Waals surface area contributed by atoms with Gasteiger partial charge in [0.2, 0.25) is 0 Å². The first kappa shape index (κ1) is 16.8. The Morgan fingerprint density at radius 2 is 2.20 bits per heavy atom. The molecular weight excluding hydrogens is 294 g/mol. The fourth-order valence-electron chi connectivity index (χ4n) is 1.32. The van der Waals surface area contributed by atoms with E-state index in [1.807, 2.05) is 19.0 Å². The van der Waals surface area contributed by atoms with Gasteiger partial charge in [-0.05, 0) is 14.1 Å². The molecule has 9 heteroatoms. The molecule has 1 heterocycles. The monoisotopic (exact) mass is 310 g/mol. The Balaban J connectivity index is 2.81. The van der Waals surface area contributed by atoms with E-state index in [0.29, 0.717) is 13.1 Å². The van der Waals surface area contributed by atoms with Gasteiger partial charge >= 0.3 is 0 Å². The maximum atomic E-state index is 12.9. The summed E-state index contributed by atoms with van der Waals surface area (Å²) in [5.74, 6) is -3.29. The highest BCUT2D eigenvalue weighted by atomic mass is 35.5. The van der Waals surface area contributed by atoms with Crippen LogP contribution >= 0.6 is 11.6 Å². The van der Waals surface area contributed by atoms with Crippen LogP contribution in [0.5, 0.6) is 0 Å². The number of nitrogens with zero attached hydrogens (tertiary/aromatic N) is 3. The van der Waals surface area contributed by atoms with Crippen LogP contribution in [0, 0.1) is 0 Å². The maximum Gasteiger partial charge on any atom is 0.287 e. The number of aliphatic hydroxyl groups excluding tert-OH is 1. The molecule has 6 nitrogen and oxygen atoms in total. The van der Waals surface area contributed by atoms with Crippen molar-refractivity contribution in [2.75, 3.05) is 39.1 Å². The Morgan fingerprint density at radius 1 is 1.55 bits per heavy atom. The topological polar surface area (TPSA) is 70.4 Å². The Bertz CT molecular complexity index is 508. The second kappa shape index (κ2) is 6.96. The van der Waals surface area contributed by atoms with E-state index in [0.717, 1.165) is 4.68 Å². The molecule has 0 aromatic carbocycles. The summed E-state index contributed by atoms with van der Waals surface area (Å²) in [6, 6.07) is 0. The lowest BCUT2D eigenvalue weighted by Gasteiger charge is -2.16. The zero-order valence-electron chi connectivity index (χ0n) is 11.2. The molecule has 0 aliphatic rings. The van der Waals surface area contributed by atoms with E-state index in [2.05, 4.69) is 10.4 Å². The summed E-state index contributed by atoms with van der Waals surface area (Å²) < 4.78 is 27.0. The number of aromatic nitrogens is 2. The molecule has 0 bridgehead atoms. The highest BCUT2D eigenvalue weighted by Crippen LogP contribution is 2.18. The predicted molar refractivity (Wildman–Crippen MR) is 72.6 cm³/mol. The molecule has 0 atom stereocenters. The zero-order valence-corrected chi connectivity index (χ0v) is 12.0. The molecule has 20 heavy (non-hydrogen) atoms. The van der Waals surface area contributed by atoms with Crippen LogP contribution < -0.4 is 10.9 Å². The third-order valence-corrected chi connectivity index (χ3v) is 2.88. The van der Waals surface area contributed by atoms with Gasteiger partial charge in [-0.3, -0.25) is 4.79 Å². The zero-order chi connectivity index (χ0) is 15.3. The average molecular weight is 311 g/mol. The third-order valence-electron chi connectivity index (χ3n) is 2.51. The molecule has 2 N–H and O–H groups in total. The second-order valence-corrected chi connectivity index (χ2v) is 4.95. The molecular formula is C11H17ClF2N4O2. The van der Waals surface area contributed by atoms with Gasteiger partial charge in [-0.25, -0.2) is 13.5 Å². The van der Waals surface area contributed by atoms with Crippen LogP contribution in [0.2, 0.25) is 5.02 Å². The fraction of sp³-hybridized carbons (Fsp3) is 0.636. The molecule has 1 aromatic rings. The van der Waals surface area contributed by atoms with Gasteiger partial charge in [-0.1, -0.05) is 11.6 Å². The third kappa shape index (κ3) is 4.69. The van der Waals surface area contributed by atoms with Crippen molar-refractivity contribution in [1.82, 2.24) is 14.7 Å². The Hall–Kier alpha value is -1.25. The molecule has 1 aromatic heterocycles. The average Bonchev–Trinajstić information content (AvgIpc) is 2.39. The number of hydrogen-bond acceptors (Lipinski definition) is 5. The van der Waals surface area contributed by atoms with Gasteiger partial charge < -0.3 is 15.3 Å². The lowest BCUT2D eigenvalue weighted by atomic mass is 10.3. The highest BCUT2D eigenvalue weighted by Gasteiger charge is 2.27. The molecule has 0 unspecified atom stereocenters. The van der Waals surface area contributed by atoms with Gasteiger partial charge in [0.05, 0.1) is 25.0 Å². The number of aliphatic hydroxyl groups is 1. The van der Waals surface area contributed by atoms with Gasteiger partial charge in [-0.15, -0.1) is 0 Å². The van der Waals surface area contributed by atoms with Crippen molar-refractivity contribution in [3.8, 4) is 0 Å². The van der Waals surface area contributed by atoms with Crippen LogP contribution in [0.3, 0.4) is 0 Å². The fourth-order valence-corrected chi connectivity index (χ4v) is 1.54. The van der Waals surface area contributed by atoms with E-state index < -0.39 is 24.6 Å². The first-order valence-electron chi connectivity index (χ1n) is 5.90. The first-order chi connectivity index (χ1) is 9.26. The largest absolute Gasteiger partial charge is 0.390 e. The number of likely N-dealkylation sites (N-methyl/N-ethyl adjacent to an activating group) is 1. The first-order valence-corrected chi connectivity index (χ1v) is 6.27. The SMILES string of the molecule is CN(C)CCn1ncc(NCC(F)(F)CO)c(Cl)c1=O. The van der Waals surface area contributed by atoms with E-state index >= 15 is 0 Å². The van der Waals surface area contributed by atoms with Gasteiger partial charge in [0.1, 0.15) is 11.6 Å². The van der Waals surface area contributed by atoms with Crippen molar-refractivity contribution in [1.29, 1.82) is 0 Å². The van der Waals surface area contributed by atoms with Crippen LogP contribution in [0.1, 0.15) is 0 Å². The molecule has 0 aliphatic heterocycles. The highest BCUT2D eigenvalue weighted by molar-refractivity contribution is 6.32. The number of alkyl halides is 2. The predicted octanol–water partition coefficient (Wildman–Crippen LogP) is 0.498. The summed E-state index contributed by atoms with van der Waals surface area (Å²) in [6.45, 7) is -1.17. The quantitative estimate of drug-likeness (QED) is 0.767. The smallest absolute Gasteiger partial charge is 0.287 e. The molecule has 1 rings (SSSR count). The molecule has 0 saturated heterocycles. The summed E-state index contributed by atoms with van der Waals surface area (Å²) in [5.41, 5.74) is -0.531. The Morgan fingerprint density at radius 3 is 2.75 bits per heavy atom. The second-order valence-electron chi connectivity index (χ2n) is 4.57. The van der Waals surface area contributed by atoms with Crippen molar-refractivity contribution >= 4 is 17.3 Å². The Labute approximate surface area is 120 Å². The summed E-state index contributed by atoms with van der Waals surface area (Å²) in [5, 5.41) is 14.4. The summed E-state index contributed by atoms with van der Waals surface area (Å²) in [4.78, 5) is 13.7. The van der Waals surface area contributed by atoms with Gasteiger partial charge in [0, 0.05) is 6.54 Å². The van der Waals surface area contributed by atoms with Crippen LogP contribution in [-0.4, -0.2) is 59.5 Å². The van der Waals surface area contributed by atoms with Crippen LogP contribution in [0.4, 0.5) is 14.5 Å². The lowest BCUT2D eigenvalue weighted by molar-refractivity contribution is -0.0372. The molecule has 0 saturated carbocycles. The number of nitrogens with one attached hydrogen (secondary N) is 1. The van der Waals surface area contributed by atoms with E-state index in [4.69, 9.17) is 16.7 Å². The molecule has 0 fully saturated rings. The number of rotatable bonds is 7. The van der Waals surface area contributed by atoms with Crippen LogP contribution in [0.15, 0.2) is 11.0 Å². The van der Waals surface area contributed by atoms with E-state index in [1.165, 1.54) is 6.20 Å². The summed E-state index contributed by atoms with van der Waals surface area (Å²) in [7, 11) is 3.69. The molecule has 0 amide bonds. The maximum absolute atomic E-state index is 12.9. The molecule has 0 spiro atoms. The van der Waals surface area contributed by atoms with Crippen molar-refractivity contribution in [3.63, 3.8) is 0 Å². The minimum atomic E-state index is -3.29. The number of hydrogen-bond donors (Lipinski definition) is 2. The van der Waals surface area contributed by atoms with Gasteiger partial charge in [-0.2, -0.15) is 5.10 Å². The van der Waals surface area contributed by atoms with Gasteiger partial charge in [0.25, 0.3) is 11.5 Å². The Kier molecular flexibility index (Phi) is 5.85. The normalized spacial score (nSPS) is 11.9. The van der Waals surface area contributed by atoms with E-state index in [-0.39, 0.29) is 10.7 Å². The standard InChI is InChI=1S/C11H17ClF2N4O2/c1-17(2)3-4-18-10(20)9(12)8(5-16-18)15-6-11(13,14)7-19/h5,15,19H,3-4,6-7H2,1-2H3. The van der Waals surface area contributed by atoms with Crippen molar-refractivity contribution in [3.05, 3.63) is 21.6 Å². The van der Waals surface area contributed by atoms with Crippen molar-refractivity contribution in [2.45, 2.75) is 12.5 Å². The minimum Gasteiger partial charge on any atom is -0.390 e. The minimum absolute atomic E-state index is 0.0193. The summed E-state index contributed by atoms with van der Waals surface area (Å²) >= 11 is 5.83. The van der Waals surface area contributed by atoms with E-state index in [1.54, 1.807) is 0 Å². The number of halogens is 3. The van der Waals surface area contributed by atoms with Gasteiger partial charge in [0.15, 0.2) is 0 Å². The molecule has 0 aliphatic carbocycles. The summed E-state index contributed by atoms with van der Waals surface area (Å²) in [6.07, 6.45) is 1.22. The molecule has 0 radical (unpaired) electrons. The van der Waals surface area contributed by atoms with E-state index in [9.17, 15) is 13.6 Å². The van der Waals surface area contributed by atoms with Crippen LogP contribution in [-0.2, 0) is 6.54 Å². The van der Waals surface area contributed by atoms with Crippen molar-refractivity contribution in [2.24, 2.45) is 0 Å².